The van der Waals surface area contributed by atoms with Gasteiger partial charge >= 0.3 is 5.69 Å². The zero-order valence-corrected chi connectivity index (χ0v) is 17.9. The molecule has 3 aromatic rings. The van der Waals surface area contributed by atoms with Crippen LogP contribution in [0.2, 0.25) is 0 Å². The second kappa shape index (κ2) is 7.99. The van der Waals surface area contributed by atoms with E-state index in [2.05, 4.69) is 17.0 Å². The fourth-order valence-electron chi connectivity index (χ4n) is 4.15. The van der Waals surface area contributed by atoms with Gasteiger partial charge in [0.25, 0.3) is 17.0 Å². The minimum atomic E-state index is -0.584. The molecule has 9 heteroatoms. The molecule has 2 aromatic heterocycles. The van der Waals surface area contributed by atoms with E-state index in [-0.39, 0.29) is 22.5 Å². The van der Waals surface area contributed by atoms with Crippen LogP contribution in [0.4, 0.5) is 0 Å². The van der Waals surface area contributed by atoms with Crippen molar-refractivity contribution in [2.24, 2.45) is 21.1 Å². The summed E-state index contributed by atoms with van der Waals surface area (Å²) in [5.41, 5.74) is -0.171. The topological polar surface area (TPSA) is 89.6 Å². The molecule has 4 rings (SSSR count). The third-order valence-corrected chi connectivity index (χ3v) is 5.96. The number of aryl methyl sites for hydroxylation is 2. The van der Waals surface area contributed by atoms with Crippen molar-refractivity contribution in [2.45, 2.75) is 6.54 Å². The zero-order chi connectivity index (χ0) is 22.3. The number of benzene rings is 1. The van der Waals surface area contributed by atoms with Gasteiger partial charge < -0.3 is 4.90 Å². The average Bonchev–Trinajstić information content (AvgIpc) is 2.78. The number of piperazine rings is 1. The lowest BCUT2D eigenvalue weighted by molar-refractivity contribution is 0.0630. The Morgan fingerprint density at radius 2 is 1.52 bits per heavy atom. The lowest BCUT2D eigenvalue weighted by atomic mass is 10.1. The summed E-state index contributed by atoms with van der Waals surface area (Å²) < 4.78 is 3.42. The lowest BCUT2D eigenvalue weighted by Gasteiger charge is -2.35. The smallest absolute Gasteiger partial charge is 0.332 e. The third-order valence-electron chi connectivity index (χ3n) is 5.96. The normalized spacial score (nSPS) is 14.9. The average molecular weight is 423 g/mol. The van der Waals surface area contributed by atoms with E-state index in [0.29, 0.717) is 26.2 Å². The Bertz CT molecular complexity index is 1330. The highest BCUT2D eigenvalue weighted by Gasteiger charge is 2.27. The SMILES string of the molecule is Cn1c(=O)c2c(C(=O)N3CCN(Cc4ccccc4)CC3)cc(=O)n(C)c2n(C)c1=O. The lowest BCUT2D eigenvalue weighted by Crippen LogP contribution is -2.49. The predicted octanol–water partition coefficient (Wildman–Crippen LogP) is -0.106. The van der Waals surface area contributed by atoms with Gasteiger partial charge in [-0.1, -0.05) is 30.3 Å². The standard InChI is InChI=1S/C22H25N5O4/c1-23-17(28)13-16(18-19(23)24(2)22(31)25(3)21(18)30)20(29)27-11-9-26(10-12-27)14-15-7-5-4-6-8-15/h4-8,13H,9-12,14H2,1-3H3. The van der Waals surface area contributed by atoms with Crippen LogP contribution in [0.15, 0.2) is 50.8 Å². The van der Waals surface area contributed by atoms with Crippen LogP contribution in [0.25, 0.3) is 11.0 Å². The van der Waals surface area contributed by atoms with Gasteiger partial charge in [-0.3, -0.25) is 33.0 Å². The van der Waals surface area contributed by atoms with Crippen LogP contribution in [0.1, 0.15) is 15.9 Å². The number of carbonyl (C=O) groups is 1. The number of nitrogens with zero attached hydrogens (tertiary/aromatic N) is 5. The Morgan fingerprint density at radius 3 is 2.16 bits per heavy atom. The molecule has 0 radical (unpaired) electrons. The summed E-state index contributed by atoms with van der Waals surface area (Å²) >= 11 is 0. The Morgan fingerprint density at radius 1 is 0.871 bits per heavy atom. The van der Waals surface area contributed by atoms with Gasteiger partial charge in [0.2, 0.25) is 0 Å². The molecule has 1 fully saturated rings. The first-order valence-electron chi connectivity index (χ1n) is 10.1. The maximum atomic E-state index is 13.3. The maximum absolute atomic E-state index is 13.3. The van der Waals surface area contributed by atoms with Gasteiger partial charge in [0.1, 0.15) is 5.65 Å². The second-order valence-corrected chi connectivity index (χ2v) is 7.91. The van der Waals surface area contributed by atoms with Gasteiger partial charge in [-0.25, -0.2) is 4.79 Å². The number of hydrogen-bond acceptors (Lipinski definition) is 5. The summed E-state index contributed by atoms with van der Waals surface area (Å²) in [6.45, 7) is 3.18. The summed E-state index contributed by atoms with van der Waals surface area (Å²) in [4.78, 5) is 55.0. The molecule has 162 valence electrons. The van der Waals surface area contributed by atoms with Crippen LogP contribution in [0, 0.1) is 0 Å². The molecule has 1 amide bonds. The summed E-state index contributed by atoms with van der Waals surface area (Å²) in [6.07, 6.45) is 0. The number of aromatic nitrogens is 3. The predicted molar refractivity (Wildman–Crippen MR) is 117 cm³/mol. The molecule has 9 nitrogen and oxygen atoms in total. The van der Waals surface area contributed by atoms with Crippen LogP contribution in [-0.4, -0.2) is 55.6 Å². The number of amides is 1. The van der Waals surface area contributed by atoms with E-state index in [0.717, 1.165) is 11.1 Å². The van der Waals surface area contributed by atoms with Crippen LogP contribution in [0.3, 0.4) is 0 Å². The molecule has 1 aliphatic rings. The summed E-state index contributed by atoms with van der Waals surface area (Å²) in [6, 6.07) is 11.3. The number of fused-ring (bicyclic) bond motifs is 1. The van der Waals surface area contributed by atoms with Crippen molar-refractivity contribution < 1.29 is 4.79 Å². The number of pyridine rings is 1. The van der Waals surface area contributed by atoms with E-state index < -0.39 is 16.8 Å². The number of rotatable bonds is 3. The van der Waals surface area contributed by atoms with Gasteiger partial charge in [0.15, 0.2) is 0 Å². The van der Waals surface area contributed by atoms with Crippen molar-refractivity contribution in [3.63, 3.8) is 0 Å². The van der Waals surface area contributed by atoms with Crippen LogP contribution >= 0.6 is 0 Å². The summed E-state index contributed by atoms with van der Waals surface area (Å²) in [5.74, 6) is -0.363. The Balaban J connectivity index is 1.66. The molecule has 0 spiro atoms. The van der Waals surface area contributed by atoms with Gasteiger partial charge in [-0.2, -0.15) is 0 Å². The molecule has 3 heterocycles. The molecule has 0 N–H and O–H groups in total. The number of hydrogen-bond donors (Lipinski definition) is 0. The highest BCUT2D eigenvalue weighted by Crippen LogP contribution is 2.16. The Labute approximate surface area is 178 Å². The van der Waals surface area contributed by atoms with Gasteiger partial charge in [-0.15, -0.1) is 0 Å². The minimum absolute atomic E-state index is 0.0470. The van der Waals surface area contributed by atoms with Crippen molar-refractivity contribution in [2.75, 3.05) is 26.2 Å². The largest absolute Gasteiger partial charge is 0.336 e. The van der Waals surface area contributed by atoms with E-state index >= 15 is 0 Å². The molecule has 31 heavy (non-hydrogen) atoms. The quantitative estimate of drug-likeness (QED) is 0.587. The van der Waals surface area contributed by atoms with E-state index in [1.54, 1.807) is 4.90 Å². The maximum Gasteiger partial charge on any atom is 0.332 e. The molecule has 0 unspecified atom stereocenters. The highest BCUT2D eigenvalue weighted by molar-refractivity contribution is 6.05. The van der Waals surface area contributed by atoms with Crippen molar-refractivity contribution in [3.8, 4) is 0 Å². The van der Waals surface area contributed by atoms with Crippen molar-refractivity contribution >= 4 is 16.9 Å². The monoisotopic (exact) mass is 423 g/mol. The third kappa shape index (κ3) is 3.61. The molecule has 0 saturated carbocycles. The Hall–Kier alpha value is -3.46. The van der Waals surface area contributed by atoms with Crippen LogP contribution in [0.5, 0.6) is 0 Å². The van der Waals surface area contributed by atoms with E-state index in [4.69, 9.17) is 0 Å². The van der Waals surface area contributed by atoms with Gasteiger partial charge in [-0.05, 0) is 5.56 Å². The molecular weight excluding hydrogens is 398 g/mol. The first-order chi connectivity index (χ1) is 14.8. The van der Waals surface area contributed by atoms with Crippen LogP contribution < -0.4 is 16.8 Å². The van der Waals surface area contributed by atoms with E-state index in [1.165, 1.54) is 41.9 Å². The summed E-state index contributed by atoms with van der Waals surface area (Å²) in [7, 11) is 4.34. The minimum Gasteiger partial charge on any atom is -0.336 e. The van der Waals surface area contributed by atoms with Gasteiger partial charge in [0, 0.05) is 59.9 Å². The zero-order valence-electron chi connectivity index (χ0n) is 17.9. The molecule has 0 aliphatic carbocycles. The molecule has 1 aliphatic heterocycles. The van der Waals surface area contributed by atoms with Crippen molar-refractivity contribution in [1.29, 1.82) is 0 Å². The molecule has 0 atom stereocenters. The highest BCUT2D eigenvalue weighted by atomic mass is 16.2. The fraction of sp³-hybridized carbons (Fsp3) is 0.364. The Kier molecular flexibility index (Phi) is 5.36. The molecule has 0 bridgehead atoms. The van der Waals surface area contributed by atoms with Crippen molar-refractivity contribution in [3.05, 3.63) is 78.7 Å². The summed E-state index contributed by atoms with van der Waals surface area (Å²) in [5, 5.41) is 0.0865. The first-order valence-corrected chi connectivity index (χ1v) is 10.1. The van der Waals surface area contributed by atoms with Crippen LogP contribution in [-0.2, 0) is 27.7 Å². The first kappa shape index (κ1) is 20.8. The van der Waals surface area contributed by atoms with E-state index in [9.17, 15) is 19.2 Å². The van der Waals surface area contributed by atoms with Crippen molar-refractivity contribution in [1.82, 2.24) is 23.5 Å². The fourth-order valence-corrected chi connectivity index (χ4v) is 4.15. The molecular formula is C22H25N5O4. The molecule has 1 saturated heterocycles. The van der Waals surface area contributed by atoms with Gasteiger partial charge in [0.05, 0.1) is 10.9 Å². The second-order valence-electron chi connectivity index (χ2n) is 7.91. The number of carbonyl (C=O) groups excluding carboxylic acids is 1. The van der Waals surface area contributed by atoms with E-state index in [1.807, 2.05) is 18.2 Å². The molecule has 1 aromatic carbocycles.